The number of piperidine rings is 1. The van der Waals surface area contributed by atoms with Crippen LogP contribution in [0.25, 0.3) is 0 Å². The molecule has 3 aromatic rings. The van der Waals surface area contributed by atoms with Crippen LogP contribution in [-0.2, 0) is 11.3 Å². The van der Waals surface area contributed by atoms with Gasteiger partial charge in [-0.15, -0.1) is 10.2 Å². The first-order valence-corrected chi connectivity index (χ1v) is 11.6. The van der Waals surface area contributed by atoms with Gasteiger partial charge in [0.05, 0.1) is 12.8 Å². The summed E-state index contributed by atoms with van der Waals surface area (Å²) in [5, 5.41) is 9.48. The number of hydrogen-bond acceptors (Lipinski definition) is 5. The van der Waals surface area contributed by atoms with Crippen molar-refractivity contribution in [2.24, 2.45) is 0 Å². The molecule has 7 heteroatoms. The van der Waals surface area contributed by atoms with Crippen molar-refractivity contribution >= 4 is 17.7 Å². The van der Waals surface area contributed by atoms with Gasteiger partial charge in [0.25, 0.3) is 0 Å². The molecule has 1 aliphatic carbocycles. The van der Waals surface area contributed by atoms with Crippen LogP contribution in [0.2, 0.25) is 0 Å². The monoisotopic (exact) mass is 422 g/mol. The first-order valence-electron chi connectivity index (χ1n) is 10.8. The highest BCUT2D eigenvalue weighted by Crippen LogP contribution is 2.42. The maximum absolute atomic E-state index is 13.5. The zero-order valence-corrected chi connectivity index (χ0v) is 17.8. The average molecular weight is 423 g/mol. The van der Waals surface area contributed by atoms with Gasteiger partial charge in [0.1, 0.15) is 16.8 Å². The number of carbonyl (C=O) groups excluding carboxylic acids is 1. The van der Waals surface area contributed by atoms with Gasteiger partial charge in [0.15, 0.2) is 5.16 Å². The highest BCUT2D eigenvalue weighted by Gasteiger charge is 2.34. The van der Waals surface area contributed by atoms with Crippen LogP contribution in [0.15, 0.2) is 58.3 Å². The largest absolute Gasteiger partial charge is 0.467 e. The molecule has 1 saturated heterocycles. The predicted molar refractivity (Wildman–Crippen MR) is 115 cm³/mol. The third-order valence-electron chi connectivity index (χ3n) is 5.80. The van der Waals surface area contributed by atoms with Gasteiger partial charge >= 0.3 is 0 Å². The minimum Gasteiger partial charge on any atom is -0.467 e. The molecule has 1 amide bonds. The summed E-state index contributed by atoms with van der Waals surface area (Å²) < 4.78 is 7.73. The Kier molecular flexibility index (Phi) is 5.62. The van der Waals surface area contributed by atoms with E-state index in [0.717, 1.165) is 61.1 Å². The van der Waals surface area contributed by atoms with E-state index in [-0.39, 0.29) is 11.2 Å². The van der Waals surface area contributed by atoms with Gasteiger partial charge in [0.2, 0.25) is 5.91 Å². The standard InChI is InChI=1S/C23H26N4O2S/c28-22(26-13-5-2-6-14-26)20(17-8-3-1-4-9-17)30-23-25-24-21(18-11-12-18)27(23)16-19-10-7-15-29-19/h1,3-4,7-10,15,18,20H,2,5-6,11-14,16H2/t20-/m0/s1. The number of benzene rings is 1. The third-order valence-corrected chi connectivity index (χ3v) is 7.02. The molecule has 5 rings (SSSR count). The number of aromatic nitrogens is 3. The fraction of sp³-hybridized carbons (Fsp3) is 0.435. The number of rotatable bonds is 7. The lowest BCUT2D eigenvalue weighted by molar-refractivity contribution is -0.131. The molecule has 1 atom stereocenters. The van der Waals surface area contributed by atoms with Crippen LogP contribution in [0.4, 0.5) is 0 Å². The van der Waals surface area contributed by atoms with Gasteiger partial charge < -0.3 is 9.32 Å². The zero-order chi connectivity index (χ0) is 20.3. The van der Waals surface area contributed by atoms with Crippen molar-refractivity contribution in [3.63, 3.8) is 0 Å². The number of furan rings is 1. The van der Waals surface area contributed by atoms with E-state index >= 15 is 0 Å². The van der Waals surface area contributed by atoms with Crippen molar-refractivity contribution in [3.05, 3.63) is 65.9 Å². The summed E-state index contributed by atoms with van der Waals surface area (Å²) in [6, 6.07) is 13.9. The molecule has 156 valence electrons. The second kappa shape index (κ2) is 8.68. The number of nitrogens with zero attached hydrogens (tertiary/aromatic N) is 4. The first kappa shape index (κ1) is 19.4. The molecule has 0 spiro atoms. The van der Waals surface area contributed by atoms with Crippen LogP contribution in [0.1, 0.15) is 60.4 Å². The van der Waals surface area contributed by atoms with E-state index in [1.54, 1.807) is 6.26 Å². The van der Waals surface area contributed by atoms with E-state index < -0.39 is 0 Å². The Morgan fingerprint density at radius 1 is 1.07 bits per heavy atom. The minimum atomic E-state index is -0.323. The molecule has 2 aliphatic rings. The van der Waals surface area contributed by atoms with E-state index in [1.807, 2.05) is 47.4 Å². The highest BCUT2D eigenvalue weighted by atomic mass is 32.2. The molecule has 6 nitrogen and oxygen atoms in total. The Balaban J connectivity index is 1.46. The fourth-order valence-electron chi connectivity index (χ4n) is 4.01. The number of thioether (sulfide) groups is 1. The van der Waals surface area contributed by atoms with E-state index in [9.17, 15) is 4.79 Å². The van der Waals surface area contributed by atoms with Crippen LogP contribution in [0.3, 0.4) is 0 Å². The van der Waals surface area contributed by atoms with Gasteiger partial charge in [-0.2, -0.15) is 0 Å². The topological polar surface area (TPSA) is 64.2 Å². The summed E-state index contributed by atoms with van der Waals surface area (Å²) in [5.74, 6) is 2.52. The Morgan fingerprint density at radius 3 is 2.57 bits per heavy atom. The van der Waals surface area contributed by atoms with Crippen LogP contribution >= 0.6 is 11.8 Å². The fourth-order valence-corrected chi connectivity index (χ4v) is 5.14. The maximum Gasteiger partial charge on any atom is 0.240 e. The molecule has 30 heavy (non-hydrogen) atoms. The van der Waals surface area contributed by atoms with E-state index in [4.69, 9.17) is 4.42 Å². The predicted octanol–water partition coefficient (Wildman–Crippen LogP) is 4.64. The van der Waals surface area contributed by atoms with Gasteiger partial charge in [0, 0.05) is 19.0 Å². The molecule has 0 N–H and O–H groups in total. The lowest BCUT2D eigenvalue weighted by Crippen LogP contribution is -2.38. The lowest BCUT2D eigenvalue weighted by atomic mass is 10.1. The quantitative estimate of drug-likeness (QED) is 0.519. The van der Waals surface area contributed by atoms with Crippen LogP contribution in [0.5, 0.6) is 0 Å². The smallest absolute Gasteiger partial charge is 0.240 e. The van der Waals surface area contributed by atoms with Crippen molar-refractivity contribution in [1.82, 2.24) is 19.7 Å². The van der Waals surface area contributed by atoms with Gasteiger partial charge in [-0.1, -0.05) is 42.1 Å². The molecule has 2 aromatic heterocycles. The Hall–Kier alpha value is -2.54. The summed E-state index contributed by atoms with van der Waals surface area (Å²) in [5.41, 5.74) is 1.01. The third kappa shape index (κ3) is 4.17. The number of hydrogen-bond donors (Lipinski definition) is 0. The van der Waals surface area contributed by atoms with Crippen LogP contribution in [-0.4, -0.2) is 38.7 Å². The van der Waals surface area contributed by atoms with E-state index in [0.29, 0.717) is 12.5 Å². The molecule has 1 aliphatic heterocycles. The van der Waals surface area contributed by atoms with Crippen molar-refractivity contribution < 1.29 is 9.21 Å². The summed E-state index contributed by atoms with van der Waals surface area (Å²) in [6.45, 7) is 2.28. The van der Waals surface area contributed by atoms with Gasteiger partial charge in [-0.3, -0.25) is 9.36 Å². The second-order valence-corrected chi connectivity index (χ2v) is 9.15. The summed E-state index contributed by atoms with van der Waals surface area (Å²) in [6.07, 6.45) is 7.35. The molecular weight excluding hydrogens is 396 g/mol. The average Bonchev–Trinajstić information content (AvgIpc) is 3.37. The summed E-state index contributed by atoms with van der Waals surface area (Å²) >= 11 is 1.51. The number of carbonyl (C=O) groups is 1. The summed E-state index contributed by atoms with van der Waals surface area (Å²) in [7, 11) is 0. The Morgan fingerprint density at radius 2 is 1.87 bits per heavy atom. The van der Waals surface area contributed by atoms with E-state index in [2.05, 4.69) is 14.8 Å². The van der Waals surface area contributed by atoms with Crippen LogP contribution in [0, 0.1) is 0 Å². The Bertz CT molecular complexity index is 976. The zero-order valence-electron chi connectivity index (χ0n) is 16.9. The number of amides is 1. The highest BCUT2D eigenvalue weighted by molar-refractivity contribution is 8.00. The molecule has 3 heterocycles. The minimum absolute atomic E-state index is 0.173. The van der Waals surface area contributed by atoms with Crippen molar-refractivity contribution in [2.45, 2.75) is 55.0 Å². The van der Waals surface area contributed by atoms with Gasteiger partial charge in [-0.05, 0) is 49.8 Å². The molecule has 2 fully saturated rings. The second-order valence-electron chi connectivity index (χ2n) is 8.08. The maximum atomic E-state index is 13.5. The van der Waals surface area contributed by atoms with Crippen molar-refractivity contribution in [1.29, 1.82) is 0 Å². The molecule has 0 unspecified atom stereocenters. The van der Waals surface area contributed by atoms with Gasteiger partial charge in [-0.25, -0.2) is 0 Å². The molecule has 0 radical (unpaired) electrons. The number of likely N-dealkylation sites (tertiary alicyclic amines) is 1. The van der Waals surface area contributed by atoms with Crippen molar-refractivity contribution in [2.75, 3.05) is 13.1 Å². The lowest BCUT2D eigenvalue weighted by Gasteiger charge is -2.30. The first-order chi connectivity index (χ1) is 14.8. The normalized spacial score (nSPS) is 17.8. The molecular formula is C23H26N4O2S. The SMILES string of the molecule is O=C([C@@H](Sc1nnc(C2CC2)n1Cc1ccco1)c1ccccc1)N1CCCCC1. The van der Waals surface area contributed by atoms with Crippen molar-refractivity contribution in [3.8, 4) is 0 Å². The Labute approximate surface area is 180 Å². The molecule has 1 saturated carbocycles. The van der Waals surface area contributed by atoms with Crippen LogP contribution < -0.4 is 0 Å². The van der Waals surface area contributed by atoms with E-state index in [1.165, 1.54) is 18.2 Å². The molecule has 0 bridgehead atoms. The summed E-state index contributed by atoms with van der Waals surface area (Å²) in [4.78, 5) is 15.5. The molecule has 1 aromatic carbocycles.